The molecule has 1 saturated carbocycles. The fourth-order valence-electron chi connectivity index (χ4n) is 3.81. The molecule has 1 aromatic heterocycles. The van der Waals surface area contributed by atoms with Gasteiger partial charge in [-0.2, -0.15) is 0 Å². The second-order valence-corrected chi connectivity index (χ2v) is 6.76. The van der Waals surface area contributed by atoms with Gasteiger partial charge in [-0.15, -0.1) is 0 Å². The lowest BCUT2D eigenvalue weighted by Gasteiger charge is -2.37. The number of ether oxygens (including phenoxy) is 2. The average molecular weight is 327 g/mol. The summed E-state index contributed by atoms with van der Waals surface area (Å²) in [5, 5.41) is 0. The van der Waals surface area contributed by atoms with Crippen LogP contribution in [0.2, 0.25) is 0 Å². The number of hydrogen-bond donors (Lipinski definition) is 0. The van der Waals surface area contributed by atoms with Crippen LogP contribution in [-0.2, 0) is 24.9 Å². The van der Waals surface area contributed by atoms with Crippen molar-refractivity contribution in [3.8, 4) is 5.75 Å². The predicted octanol–water partition coefficient (Wildman–Crippen LogP) is 2.75. The van der Waals surface area contributed by atoms with Crippen molar-refractivity contribution < 1.29 is 9.47 Å². The van der Waals surface area contributed by atoms with E-state index in [4.69, 9.17) is 9.47 Å². The van der Waals surface area contributed by atoms with E-state index < -0.39 is 0 Å². The molecule has 2 heterocycles. The summed E-state index contributed by atoms with van der Waals surface area (Å²) >= 11 is 0. The molecule has 2 atom stereocenters. The van der Waals surface area contributed by atoms with Gasteiger partial charge in [-0.05, 0) is 37.0 Å². The van der Waals surface area contributed by atoms with Crippen LogP contribution >= 0.6 is 0 Å². The molecule has 0 N–H and O–H groups in total. The third kappa shape index (κ3) is 3.32. The van der Waals surface area contributed by atoms with Gasteiger partial charge in [0.1, 0.15) is 18.2 Å². The molecule has 0 unspecified atom stereocenters. The zero-order valence-corrected chi connectivity index (χ0v) is 14.2. The zero-order valence-electron chi connectivity index (χ0n) is 14.2. The van der Waals surface area contributed by atoms with Crippen LogP contribution in [0.4, 0.5) is 0 Å². The highest BCUT2D eigenvalue weighted by Crippen LogP contribution is 2.30. The van der Waals surface area contributed by atoms with Gasteiger partial charge >= 0.3 is 0 Å². The van der Waals surface area contributed by atoms with Crippen molar-refractivity contribution in [1.29, 1.82) is 0 Å². The van der Waals surface area contributed by atoms with Crippen LogP contribution in [0.3, 0.4) is 0 Å². The van der Waals surface area contributed by atoms with Crippen LogP contribution in [0.5, 0.6) is 5.75 Å². The largest absolute Gasteiger partial charge is 0.486 e. The number of benzene rings is 1. The topological polar surface area (TPSA) is 39.5 Å². The molecule has 24 heavy (non-hydrogen) atoms. The van der Waals surface area contributed by atoms with Gasteiger partial charge in [-0.25, -0.2) is 4.98 Å². The minimum absolute atomic E-state index is 0.458. The van der Waals surface area contributed by atoms with E-state index in [1.165, 1.54) is 24.8 Å². The van der Waals surface area contributed by atoms with Crippen molar-refractivity contribution in [2.75, 3.05) is 13.2 Å². The maximum Gasteiger partial charge on any atom is 0.146 e. The first-order valence-electron chi connectivity index (χ1n) is 8.83. The van der Waals surface area contributed by atoms with E-state index in [0.717, 1.165) is 31.3 Å². The van der Waals surface area contributed by atoms with Gasteiger partial charge in [0.2, 0.25) is 0 Å². The van der Waals surface area contributed by atoms with Crippen molar-refractivity contribution in [3.05, 3.63) is 48.0 Å². The molecule has 0 radical (unpaired) electrons. The molecule has 0 bridgehead atoms. The molecule has 2 aliphatic rings. The van der Waals surface area contributed by atoms with Crippen molar-refractivity contribution in [3.63, 3.8) is 0 Å². The Hall–Kier alpha value is -1.85. The minimum atomic E-state index is 0.458. The first-order chi connectivity index (χ1) is 11.8. The first kappa shape index (κ1) is 15.7. The van der Waals surface area contributed by atoms with E-state index in [0.29, 0.717) is 18.8 Å². The summed E-state index contributed by atoms with van der Waals surface area (Å²) in [5.41, 5.74) is 1.34. The fourth-order valence-corrected chi connectivity index (χ4v) is 3.81. The lowest BCUT2D eigenvalue weighted by molar-refractivity contribution is -0.0588. The summed E-state index contributed by atoms with van der Waals surface area (Å²) in [6, 6.07) is 9.08. The molecule has 1 aliphatic carbocycles. The number of rotatable bonds is 5. The van der Waals surface area contributed by atoms with E-state index in [-0.39, 0.29) is 0 Å². The molecule has 1 saturated heterocycles. The van der Waals surface area contributed by atoms with Gasteiger partial charge in [0.05, 0.1) is 12.7 Å². The summed E-state index contributed by atoms with van der Waals surface area (Å²) in [6.45, 7) is 3.41. The SMILES string of the molecule is Cn1ccnc1COc1ccc(CN2CCO[C@H]3CCC[C@@H]32)cc1. The van der Waals surface area contributed by atoms with Gasteiger partial charge in [0, 0.05) is 38.6 Å². The van der Waals surface area contributed by atoms with E-state index in [1.807, 2.05) is 17.8 Å². The van der Waals surface area contributed by atoms with Gasteiger partial charge in [0.15, 0.2) is 0 Å². The van der Waals surface area contributed by atoms with Gasteiger partial charge in [-0.1, -0.05) is 12.1 Å². The van der Waals surface area contributed by atoms with E-state index in [2.05, 4.69) is 34.1 Å². The predicted molar refractivity (Wildman–Crippen MR) is 91.8 cm³/mol. The Bertz CT molecular complexity index is 668. The number of fused-ring (bicyclic) bond motifs is 1. The maximum atomic E-state index is 5.90. The van der Waals surface area contributed by atoms with Crippen molar-refractivity contribution in [2.24, 2.45) is 7.05 Å². The van der Waals surface area contributed by atoms with Gasteiger partial charge < -0.3 is 14.0 Å². The van der Waals surface area contributed by atoms with Crippen molar-refractivity contribution >= 4 is 0 Å². The molecule has 2 fully saturated rings. The molecular weight excluding hydrogens is 302 g/mol. The molecule has 5 heteroatoms. The highest BCUT2D eigenvalue weighted by molar-refractivity contribution is 5.27. The molecule has 1 aliphatic heterocycles. The molecular formula is C19H25N3O2. The third-order valence-corrected chi connectivity index (χ3v) is 5.20. The first-order valence-corrected chi connectivity index (χ1v) is 8.83. The standard InChI is InChI=1S/C19H25N3O2/c1-21-10-9-20-19(21)14-24-16-7-5-15(6-8-16)13-22-11-12-23-18-4-2-3-17(18)22/h5-10,17-18H,2-4,11-14H2,1H3/t17-,18-/m0/s1. The smallest absolute Gasteiger partial charge is 0.146 e. The Balaban J connectivity index is 1.34. The van der Waals surface area contributed by atoms with Crippen molar-refractivity contribution in [2.45, 2.75) is 44.6 Å². The Morgan fingerprint density at radius 1 is 1.25 bits per heavy atom. The summed E-state index contributed by atoms with van der Waals surface area (Å²) in [5.74, 6) is 1.82. The minimum Gasteiger partial charge on any atom is -0.486 e. The van der Waals surface area contributed by atoms with Crippen LogP contribution in [0.1, 0.15) is 30.7 Å². The summed E-state index contributed by atoms with van der Waals surface area (Å²) in [7, 11) is 1.98. The second kappa shape index (κ2) is 6.95. The number of nitrogens with zero attached hydrogens (tertiary/aromatic N) is 3. The van der Waals surface area contributed by atoms with Crippen LogP contribution in [0.25, 0.3) is 0 Å². The third-order valence-electron chi connectivity index (χ3n) is 5.20. The number of morpholine rings is 1. The van der Waals surface area contributed by atoms with Gasteiger partial charge in [0.25, 0.3) is 0 Å². The van der Waals surface area contributed by atoms with E-state index >= 15 is 0 Å². The van der Waals surface area contributed by atoms with Crippen LogP contribution in [-0.4, -0.2) is 39.7 Å². The van der Waals surface area contributed by atoms with Crippen LogP contribution < -0.4 is 4.74 Å². The van der Waals surface area contributed by atoms with E-state index in [1.54, 1.807) is 6.20 Å². The summed E-state index contributed by atoms with van der Waals surface area (Å²) < 4.78 is 13.7. The Kier molecular flexibility index (Phi) is 4.54. The summed E-state index contributed by atoms with van der Waals surface area (Å²) in [6.07, 6.45) is 7.97. The Labute approximate surface area is 143 Å². The zero-order chi connectivity index (χ0) is 16.4. The number of aromatic nitrogens is 2. The quantitative estimate of drug-likeness (QED) is 0.846. The molecule has 1 aromatic carbocycles. The second-order valence-electron chi connectivity index (χ2n) is 6.76. The van der Waals surface area contributed by atoms with E-state index in [9.17, 15) is 0 Å². The summed E-state index contributed by atoms with van der Waals surface area (Å²) in [4.78, 5) is 6.86. The lowest BCUT2D eigenvalue weighted by atomic mass is 10.1. The highest BCUT2D eigenvalue weighted by Gasteiger charge is 2.35. The number of hydrogen-bond acceptors (Lipinski definition) is 4. The fraction of sp³-hybridized carbons (Fsp3) is 0.526. The molecule has 4 rings (SSSR count). The van der Waals surface area contributed by atoms with Crippen molar-refractivity contribution in [1.82, 2.24) is 14.5 Å². The normalized spacial score (nSPS) is 24.0. The monoisotopic (exact) mass is 327 g/mol. The Morgan fingerprint density at radius 3 is 2.92 bits per heavy atom. The lowest BCUT2D eigenvalue weighted by Crippen LogP contribution is -2.47. The Morgan fingerprint density at radius 2 is 2.12 bits per heavy atom. The van der Waals surface area contributed by atoms with Crippen LogP contribution in [0, 0.1) is 0 Å². The molecule has 5 nitrogen and oxygen atoms in total. The van der Waals surface area contributed by atoms with Crippen LogP contribution in [0.15, 0.2) is 36.7 Å². The molecule has 2 aromatic rings. The number of imidazole rings is 1. The average Bonchev–Trinajstić information content (AvgIpc) is 3.24. The molecule has 0 amide bonds. The molecule has 128 valence electrons. The maximum absolute atomic E-state index is 5.90. The van der Waals surface area contributed by atoms with Gasteiger partial charge in [-0.3, -0.25) is 4.90 Å². The number of aryl methyl sites for hydroxylation is 1. The highest BCUT2D eigenvalue weighted by atomic mass is 16.5. The molecule has 0 spiro atoms.